The van der Waals surface area contributed by atoms with Crippen molar-refractivity contribution in [3.8, 4) is 6.07 Å². The fourth-order valence-corrected chi connectivity index (χ4v) is 3.47. The maximum atomic E-state index is 8.98. The van der Waals surface area contributed by atoms with Gasteiger partial charge in [-0.3, -0.25) is 0 Å². The Morgan fingerprint density at radius 3 is 2.78 bits per heavy atom. The molecule has 6 heteroatoms. The lowest BCUT2D eigenvalue weighted by Gasteiger charge is -2.02. The molecule has 2 aromatic rings. The highest BCUT2D eigenvalue weighted by Crippen LogP contribution is 2.36. The van der Waals surface area contributed by atoms with Crippen LogP contribution in [-0.2, 0) is 11.3 Å². The molecule has 0 unspecified atom stereocenters. The third-order valence-corrected chi connectivity index (χ3v) is 4.56. The molecule has 1 aromatic carbocycles. The van der Waals surface area contributed by atoms with Crippen molar-refractivity contribution in [2.24, 2.45) is 0 Å². The number of methoxy groups -OCH3 is 1. The van der Waals surface area contributed by atoms with Crippen LogP contribution >= 0.6 is 34.9 Å². The van der Waals surface area contributed by atoms with E-state index in [0.717, 1.165) is 14.7 Å². The zero-order chi connectivity index (χ0) is 13.0. The summed E-state index contributed by atoms with van der Waals surface area (Å²) in [7, 11) is 1.67. The molecular weight excluding hydrogens is 288 g/mol. The van der Waals surface area contributed by atoms with Gasteiger partial charge in [-0.05, 0) is 29.2 Å². The van der Waals surface area contributed by atoms with Gasteiger partial charge >= 0.3 is 0 Å². The second-order valence-electron chi connectivity index (χ2n) is 3.43. The van der Waals surface area contributed by atoms with Gasteiger partial charge in [0.05, 0.1) is 6.61 Å². The maximum Gasteiger partial charge on any atom is 0.161 e. The fourth-order valence-electron chi connectivity index (χ4n) is 1.35. The van der Waals surface area contributed by atoms with E-state index in [0.29, 0.717) is 12.2 Å². The lowest BCUT2D eigenvalue weighted by atomic mass is 10.2. The number of nitriles is 1. The lowest BCUT2D eigenvalue weighted by molar-refractivity contribution is 0.185. The van der Waals surface area contributed by atoms with E-state index in [1.165, 1.54) is 23.3 Å². The van der Waals surface area contributed by atoms with E-state index in [1.54, 1.807) is 7.11 Å². The van der Waals surface area contributed by atoms with Crippen molar-refractivity contribution >= 4 is 34.9 Å². The minimum atomic E-state index is 0.279. The normalized spacial score (nSPS) is 10.3. The Morgan fingerprint density at radius 1 is 1.44 bits per heavy atom. The third kappa shape index (κ3) is 3.03. The molecule has 0 aliphatic heterocycles. The number of halogens is 1. The van der Waals surface area contributed by atoms with E-state index in [1.807, 2.05) is 24.3 Å². The largest absolute Gasteiger partial charge is 0.380 e. The third-order valence-electron chi connectivity index (χ3n) is 2.18. The van der Waals surface area contributed by atoms with Crippen LogP contribution in [0.4, 0.5) is 0 Å². The van der Waals surface area contributed by atoms with Crippen LogP contribution in [0.1, 0.15) is 11.1 Å². The molecule has 0 atom stereocenters. The van der Waals surface area contributed by atoms with Gasteiger partial charge in [0.15, 0.2) is 5.15 Å². The summed E-state index contributed by atoms with van der Waals surface area (Å²) in [6.07, 6.45) is 0. The molecule has 1 aromatic heterocycles. The van der Waals surface area contributed by atoms with E-state index >= 15 is 0 Å². The van der Waals surface area contributed by atoms with Gasteiger partial charge in [-0.25, -0.2) is 0 Å². The maximum absolute atomic E-state index is 8.98. The average Bonchev–Trinajstić information content (AvgIpc) is 2.72. The Labute approximate surface area is 119 Å². The van der Waals surface area contributed by atoms with Gasteiger partial charge in [0.25, 0.3) is 0 Å². The van der Waals surface area contributed by atoms with Gasteiger partial charge in [-0.2, -0.15) is 9.64 Å². The molecule has 0 N–H and O–H groups in total. The molecule has 92 valence electrons. The number of hydrogen-bond donors (Lipinski definition) is 0. The van der Waals surface area contributed by atoms with Crippen molar-refractivity contribution in [3.05, 3.63) is 40.5 Å². The van der Waals surface area contributed by atoms with Gasteiger partial charge in [0, 0.05) is 12.0 Å². The highest BCUT2D eigenvalue weighted by atomic mass is 35.5. The van der Waals surface area contributed by atoms with E-state index in [-0.39, 0.29) is 5.15 Å². The van der Waals surface area contributed by atoms with Crippen molar-refractivity contribution in [1.29, 1.82) is 5.26 Å². The summed E-state index contributed by atoms with van der Waals surface area (Å²) in [5, 5.41) is 9.26. The van der Waals surface area contributed by atoms with Crippen LogP contribution in [0.5, 0.6) is 0 Å². The average molecular weight is 297 g/mol. The number of hydrogen-bond acceptors (Lipinski definition) is 5. The number of aromatic nitrogens is 1. The van der Waals surface area contributed by atoms with Gasteiger partial charge in [-0.15, -0.1) is 0 Å². The summed E-state index contributed by atoms with van der Waals surface area (Å²) < 4.78 is 9.85. The Bertz CT molecular complexity index is 575. The zero-order valence-corrected chi connectivity index (χ0v) is 11.9. The van der Waals surface area contributed by atoms with Crippen LogP contribution in [0.25, 0.3) is 0 Å². The number of ether oxygens (including phenoxy) is 1. The molecule has 0 fully saturated rings. The summed E-state index contributed by atoms with van der Waals surface area (Å²) in [4.78, 5) is 1.05. The molecule has 0 saturated heterocycles. The van der Waals surface area contributed by atoms with Crippen molar-refractivity contribution in [1.82, 2.24) is 4.37 Å². The minimum Gasteiger partial charge on any atom is -0.380 e. The monoisotopic (exact) mass is 296 g/mol. The first kappa shape index (κ1) is 13.4. The molecule has 2 rings (SSSR count). The molecule has 0 spiro atoms. The van der Waals surface area contributed by atoms with Crippen LogP contribution in [0.3, 0.4) is 0 Å². The molecule has 18 heavy (non-hydrogen) atoms. The summed E-state index contributed by atoms with van der Waals surface area (Å²) in [6, 6.07) is 10.1. The standard InChI is InChI=1S/C12H9ClN2OS2/c1-16-7-8-2-4-9(5-3-8)17-12-10(6-14)11(13)15-18-12/h2-5H,7H2,1H3. The predicted molar refractivity (Wildman–Crippen MR) is 73.1 cm³/mol. The fraction of sp³-hybridized carbons (Fsp3) is 0.167. The van der Waals surface area contributed by atoms with E-state index in [2.05, 4.69) is 10.4 Å². The van der Waals surface area contributed by atoms with E-state index in [9.17, 15) is 0 Å². The number of rotatable bonds is 4. The summed E-state index contributed by atoms with van der Waals surface area (Å²) in [6.45, 7) is 0.598. The Kier molecular flexibility index (Phi) is 4.61. The summed E-state index contributed by atoms with van der Waals surface area (Å²) in [5.41, 5.74) is 1.57. The molecule has 3 nitrogen and oxygen atoms in total. The Balaban J connectivity index is 2.16. The summed E-state index contributed by atoms with van der Waals surface area (Å²) >= 11 is 8.56. The van der Waals surface area contributed by atoms with Crippen LogP contribution in [0, 0.1) is 11.3 Å². The quantitative estimate of drug-likeness (QED) is 0.856. The van der Waals surface area contributed by atoms with Crippen LogP contribution in [0.2, 0.25) is 5.15 Å². The minimum absolute atomic E-state index is 0.279. The molecule has 0 saturated carbocycles. The van der Waals surface area contributed by atoms with Gasteiger partial charge in [0.2, 0.25) is 0 Å². The highest BCUT2D eigenvalue weighted by molar-refractivity contribution is 8.01. The van der Waals surface area contributed by atoms with Crippen molar-refractivity contribution in [2.45, 2.75) is 15.7 Å². The smallest absolute Gasteiger partial charge is 0.161 e. The SMILES string of the molecule is COCc1ccc(Sc2snc(Cl)c2C#N)cc1. The molecule has 0 radical (unpaired) electrons. The Morgan fingerprint density at radius 2 is 2.17 bits per heavy atom. The molecule has 0 bridgehead atoms. The molecule has 0 aliphatic carbocycles. The second-order valence-corrected chi connectivity index (χ2v) is 5.90. The van der Waals surface area contributed by atoms with Crippen molar-refractivity contribution < 1.29 is 4.74 Å². The van der Waals surface area contributed by atoms with Crippen molar-refractivity contribution in [2.75, 3.05) is 7.11 Å². The second kappa shape index (κ2) is 6.21. The van der Waals surface area contributed by atoms with Gasteiger partial charge in [-0.1, -0.05) is 35.5 Å². The van der Waals surface area contributed by atoms with Crippen molar-refractivity contribution in [3.63, 3.8) is 0 Å². The first-order valence-corrected chi connectivity index (χ1v) is 7.02. The molecule has 0 aliphatic rings. The first-order chi connectivity index (χ1) is 8.74. The number of benzene rings is 1. The van der Waals surface area contributed by atoms with Crippen LogP contribution in [-0.4, -0.2) is 11.5 Å². The topological polar surface area (TPSA) is 45.9 Å². The van der Waals surface area contributed by atoms with Crippen LogP contribution < -0.4 is 0 Å². The number of nitrogens with zero attached hydrogens (tertiary/aromatic N) is 2. The predicted octanol–water partition coefficient (Wildman–Crippen LogP) is 3.97. The molecule has 0 amide bonds. The van der Waals surface area contributed by atoms with Gasteiger partial charge < -0.3 is 4.74 Å². The van der Waals surface area contributed by atoms with Gasteiger partial charge in [0.1, 0.15) is 15.8 Å². The first-order valence-electron chi connectivity index (χ1n) is 5.05. The highest BCUT2D eigenvalue weighted by Gasteiger charge is 2.12. The molecular formula is C12H9ClN2OS2. The van der Waals surface area contributed by atoms with E-state index < -0.39 is 0 Å². The van der Waals surface area contributed by atoms with E-state index in [4.69, 9.17) is 21.6 Å². The summed E-state index contributed by atoms with van der Waals surface area (Å²) in [5.74, 6) is 0. The molecule has 1 heterocycles. The van der Waals surface area contributed by atoms with Crippen LogP contribution in [0.15, 0.2) is 33.4 Å². The zero-order valence-electron chi connectivity index (χ0n) is 9.51. The lowest BCUT2D eigenvalue weighted by Crippen LogP contribution is -1.86. The Hall–Kier alpha value is -1.06.